The van der Waals surface area contributed by atoms with E-state index in [0.29, 0.717) is 32.7 Å². The maximum absolute atomic E-state index is 12.4. The van der Waals surface area contributed by atoms with Crippen LogP contribution in [0.5, 0.6) is 0 Å². The van der Waals surface area contributed by atoms with Crippen LogP contribution in [-0.2, 0) is 23.9 Å². The van der Waals surface area contributed by atoms with E-state index >= 15 is 0 Å². The first-order chi connectivity index (χ1) is 12.0. The number of carbonyl (C=O) groups excluding carboxylic acids is 3. The van der Waals surface area contributed by atoms with Crippen molar-refractivity contribution in [2.45, 2.75) is 32.3 Å². The van der Waals surface area contributed by atoms with Gasteiger partial charge in [0.15, 0.2) is 0 Å². The molecular formula is C18H28N2O5. The third-order valence-electron chi connectivity index (χ3n) is 5.19. The molecule has 2 saturated heterocycles. The molecule has 0 unspecified atom stereocenters. The molecule has 2 amide bonds. The molecule has 0 spiro atoms. The third-order valence-corrected chi connectivity index (χ3v) is 5.19. The fraction of sp³-hybridized carbons (Fsp3) is 0.722. The Morgan fingerprint density at radius 1 is 1.28 bits per heavy atom. The monoisotopic (exact) mass is 352 g/mol. The van der Waals surface area contributed by atoms with E-state index in [2.05, 4.69) is 6.58 Å². The lowest BCUT2D eigenvalue weighted by molar-refractivity contribution is -0.149. The van der Waals surface area contributed by atoms with Crippen LogP contribution in [0.4, 0.5) is 0 Å². The summed E-state index contributed by atoms with van der Waals surface area (Å²) in [5.41, 5.74) is 0. The molecular weight excluding hydrogens is 324 g/mol. The number of piperidine rings is 1. The molecule has 25 heavy (non-hydrogen) atoms. The average Bonchev–Trinajstić information content (AvgIpc) is 3.14. The van der Waals surface area contributed by atoms with Gasteiger partial charge < -0.3 is 19.3 Å². The van der Waals surface area contributed by atoms with E-state index in [1.165, 1.54) is 18.1 Å². The summed E-state index contributed by atoms with van der Waals surface area (Å²) < 4.78 is 10.7. The van der Waals surface area contributed by atoms with Crippen LogP contribution in [-0.4, -0.2) is 73.6 Å². The van der Waals surface area contributed by atoms with E-state index in [1.807, 2.05) is 6.92 Å². The molecule has 7 nitrogen and oxygen atoms in total. The van der Waals surface area contributed by atoms with E-state index in [4.69, 9.17) is 9.47 Å². The average molecular weight is 352 g/mol. The minimum Gasteiger partial charge on any atom is -0.469 e. The van der Waals surface area contributed by atoms with Gasteiger partial charge in [-0.2, -0.15) is 0 Å². The zero-order valence-corrected chi connectivity index (χ0v) is 15.1. The van der Waals surface area contributed by atoms with E-state index in [9.17, 15) is 14.4 Å². The second-order valence-corrected chi connectivity index (χ2v) is 6.53. The van der Waals surface area contributed by atoms with Gasteiger partial charge in [0.05, 0.1) is 25.7 Å². The van der Waals surface area contributed by atoms with Gasteiger partial charge in [-0.05, 0) is 38.2 Å². The maximum Gasteiger partial charge on any atom is 0.311 e. The lowest BCUT2D eigenvalue weighted by atomic mass is 9.84. The number of esters is 1. The number of hydrogen-bond donors (Lipinski definition) is 0. The molecule has 2 aliphatic heterocycles. The van der Waals surface area contributed by atoms with Crippen LogP contribution in [0.15, 0.2) is 12.7 Å². The summed E-state index contributed by atoms with van der Waals surface area (Å²) in [4.78, 5) is 39.3. The largest absolute Gasteiger partial charge is 0.469 e. The Bertz CT molecular complexity index is 514. The Morgan fingerprint density at radius 2 is 1.96 bits per heavy atom. The van der Waals surface area contributed by atoms with Crippen molar-refractivity contribution in [1.29, 1.82) is 0 Å². The first kappa shape index (κ1) is 19.4. The molecule has 0 bridgehead atoms. The summed E-state index contributed by atoms with van der Waals surface area (Å²) >= 11 is 0. The quantitative estimate of drug-likeness (QED) is 0.523. The fourth-order valence-electron chi connectivity index (χ4n) is 3.69. The molecule has 0 aromatic carbocycles. The van der Waals surface area contributed by atoms with Crippen molar-refractivity contribution in [2.24, 2.45) is 11.8 Å². The van der Waals surface area contributed by atoms with Gasteiger partial charge in [-0.1, -0.05) is 6.58 Å². The Balaban J connectivity index is 1.86. The zero-order chi connectivity index (χ0) is 18.4. The van der Waals surface area contributed by atoms with E-state index < -0.39 is 0 Å². The number of nitrogens with zero attached hydrogens (tertiary/aromatic N) is 2. The summed E-state index contributed by atoms with van der Waals surface area (Å²) in [5, 5.41) is 0. The van der Waals surface area contributed by atoms with E-state index in [-0.39, 0.29) is 42.3 Å². The molecule has 140 valence electrons. The number of carbonyl (C=O) groups is 3. The molecule has 0 saturated carbocycles. The standard InChI is InChI=1S/C18H28N2O5/c1-4-15(21)19(5-2)12-16(22)20-9-6-13(7-10-20)17-14(8-11-25-17)18(23)24-3/h4,13-14,17H,1,5-12H2,2-3H3/t14-,17+/m1/s1. The van der Waals surface area contributed by atoms with Gasteiger partial charge in [0.25, 0.3) is 0 Å². The number of methoxy groups -OCH3 is 1. The Hall–Kier alpha value is -1.89. The van der Waals surface area contributed by atoms with Crippen LogP contribution in [0.1, 0.15) is 26.2 Å². The van der Waals surface area contributed by atoms with Gasteiger partial charge in [-0.3, -0.25) is 14.4 Å². The summed E-state index contributed by atoms with van der Waals surface area (Å²) in [5.74, 6) is -0.424. The molecule has 0 aliphatic carbocycles. The zero-order valence-electron chi connectivity index (χ0n) is 15.1. The highest BCUT2D eigenvalue weighted by atomic mass is 16.5. The number of amides is 2. The second-order valence-electron chi connectivity index (χ2n) is 6.53. The van der Waals surface area contributed by atoms with E-state index in [0.717, 1.165) is 12.8 Å². The minimum atomic E-state index is -0.231. The number of rotatable bonds is 6. The number of hydrogen-bond acceptors (Lipinski definition) is 5. The molecule has 2 aliphatic rings. The van der Waals surface area contributed by atoms with Crippen LogP contribution in [0, 0.1) is 11.8 Å². The third kappa shape index (κ3) is 4.60. The number of likely N-dealkylation sites (N-methyl/N-ethyl adjacent to an activating group) is 1. The SMILES string of the molecule is C=CC(=O)N(CC)CC(=O)N1CCC([C@@H]2OCC[C@H]2C(=O)OC)CC1. The smallest absolute Gasteiger partial charge is 0.311 e. The summed E-state index contributed by atoms with van der Waals surface area (Å²) in [6.45, 7) is 7.68. The van der Waals surface area contributed by atoms with Crippen molar-refractivity contribution in [3.8, 4) is 0 Å². The highest BCUT2D eigenvalue weighted by Crippen LogP contribution is 2.33. The van der Waals surface area contributed by atoms with Gasteiger partial charge in [-0.15, -0.1) is 0 Å². The fourth-order valence-corrected chi connectivity index (χ4v) is 3.69. The van der Waals surface area contributed by atoms with Crippen molar-refractivity contribution >= 4 is 17.8 Å². The molecule has 0 aromatic rings. The maximum atomic E-state index is 12.4. The summed E-state index contributed by atoms with van der Waals surface area (Å²) in [7, 11) is 1.41. The molecule has 0 aromatic heterocycles. The normalized spacial score (nSPS) is 24.0. The van der Waals surface area contributed by atoms with Gasteiger partial charge in [-0.25, -0.2) is 0 Å². The first-order valence-corrected chi connectivity index (χ1v) is 8.90. The predicted octanol–water partition coefficient (Wildman–Crippen LogP) is 0.838. The molecule has 0 radical (unpaired) electrons. The van der Waals surface area contributed by atoms with Crippen LogP contribution < -0.4 is 0 Å². The van der Waals surface area contributed by atoms with Gasteiger partial charge in [0, 0.05) is 26.2 Å². The Labute approximate surface area is 148 Å². The summed E-state index contributed by atoms with van der Waals surface area (Å²) in [6, 6.07) is 0. The van der Waals surface area contributed by atoms with Crippen molar-refractivity contribution < 1.29 is 23.9 Å². The highest BCUT2D eigenvalue weighted by molar-refractivity contribution is 5.90. The van der Waals surface area contributed by atoms with Gasteiger partial charge in [0.2, 0.25) is 11.8 Å². The molecule has 2 atom stereocenters. The van der Waals surface area contributed by atoms with E-state index in [1.54, 1.807) is 4.90 Å². The first-order valence-electron chi connectivity index (χ1n) is 8.90. The molecule has 2 heterocycles. The van der Waals surface area contributed by atoms with Crippen LogP contribution in [0.25, 0.3) is 0 Å². The van der Waals surface area contributed by atoms with Gasteiger partial charge >= 0.3 is 5.97 Å². The second kappa shape index (κ2) is 8.99. The molecule has 0 N–H and O–H groups in total. The van der Waals surface area contributed by atoms with Crippen LogP contribution in [0.3, 0.4) is 0 Å². The minimum absolute atomic E-state index is 0.0487. The van der Waals surface area contributed by atoms with Crippen LogP contribution in [0.2, 0.25) is 0 Å². The lowest BCUT2D eigenvalue weighted by Gasteiger charge is -2.36. The predicted molar refractivity (Wildman–Crippen MR) is 91.6 cm³/mol. The van der Waals surface area contributed by atoms with Gasteiger partial charge in [0.1, 0.15) is 0 Å². The Morgan fingerprint density at radius 3 is 2.52 bits per heavy atom. The summed E-state index contributed by atoms with van der Waals surface area (Å²) in [6.07, 6.45) is 3.41. The van der Waals surface area contributed by atoms with Crippen molar-refractivity contribution in [3.63, 3.8) is 0 Å². The molecule has 2 fully saturated rings. The highest BCUT2D eigenvalue weighted by Gasteiger charge is 2.41. The Kier molecular flexibility index (Phi) is 6.99. The van der Waals surface area contributed by atoms with Crippen LogP contribution >= 0.6 is 0 Å². The van der Waals surface area contributed by atoms with Crippen molar-refractivity contribution in [1.82, 2.24) is 9.80 Å². The van der Waals surface area contributed by atoms with Crippen molar-refractivity contribution in [2.75, 3.05) is 39.9 Å². The van der Waals surface area contributed by atoms with Crippen molar-refractivity contribution in [3.05, 3.63) is 12.7 Å². The number of ether oxygens (including phenoxy) is 2. The molecule has 7 heteroatoms. The number of likely N-dealkylation sites (tertiary alicyclic amines) is 1. The topological polar surface area (TPSA) is 76.2 Å². The lowest BCUT2D eigenvalue weighted by Crippen LogP contribution is -2.47. The molecule has 2 rings (SSSR count).